The molecule has 1 saturated carbocycles. The van der Waals surface area contributed by atoms with Crippen molar-refractivity contribution < 1.29 is 9.53 Å². The Morgan fingerprint density at radius 3 is 3.00 bits per heavy atom. The van der Waals surface area contributed by atoms with Gasteiger partial charge in [0.1, 0.15) is 12.1 Å². The molecule has 4 rings (SSSR count). The molecule has 2 aromatic rings. The van der Waals surface area contributed by atoms with E-state index in [1.165, 1.54) is 0 Å². The summed E-state index contributed by atoms with van der Waals surface area (Å²) in [5.74, 6) is 1.11. The Hall–Kier alpha value is -2.37. The van der Waals surface area contributed by atoms with Crippen molar-refractivity contribution in [1.82, 2.24) is 14.8 Å². The molecule has 21 heavy (non-hydrogen) atoms. The Labute approximate surface area is 122 Å². The van der Waals surface area contributed by atoms with Gasteiger partial charge >= 0.3 is 0 Å². The molecule has 1 atom stereocenters. The Morgan fingerprint density at radius 1 is 1.29 bits per heavy atom. The van der Waals surface area contributed by atoms with Gasteiger partial charge in [0, 0.05) is 11.6 Å². The van der Waals surface area contributed by atoms with Gasteiger partial charge in [-0.15, -0.1) is 10.2 Å². The van der Waals surface area contributed by atoms with E-state index in [1.54, 1.807) is 6.33 Å². The number of amides is 1. The van der Waals surface area contributed by atoms with Gasteiger partial charge in [0.05, 0.1) is 12.5 Å². The molecule has 6 nitrogen and oxygen atoms in total. The van der Waals surface area contributed by atoms with Crippen molar-refractivity contribution in [3.05, 3.63) is 36.2 Å². The van der Waals surface area contributed by atoms with Gasteiger partial charge in [-0.1, -0.05) is 18.2 Å². The van der Waals surface area contributed by atoms with Crippen LogP contribution in [0.1, 0.15) is 36.8 Å². The maximum atomic E-state index is 12.6. The first-order chi connectivity index (χ1) is 10.3. The second-order valence-corrected chi connectivity index (χ2v) is 5.51. The van der Waals surface area contributed by atoms with Crippen LogP contribution in [0.4, 0.5) is 5.95 Å². The van der Waals surface area contributed by atoms with E-state index in [-0.39, 0.29) is 11.8 Å². The van der Waals surface area contributed by atoms with Crippen LogP contribution in [-0.4, -0.2) is 27.3 Å². The van der Waals surface area contributed by atoms with Crippen LogP contribution in [0.25, 0.3) is 0 Å². The normalized spacial score (nSPS) is 20.5. The Balaban J connectivity index is 1.57. The van der Waals surface area contributed by atoms with Gasteiger partial charge in [-0.3, -0.25) is 14.7 Å². The summed E-state index contributed by atoms with van der Waals surface area (Å²) >= 11 is 0. The number of rotatable bonds is 3. The van der Waals surface area contributed by atoms with Crippen molar-refractivity contribution in [3.63, 3.8) is 0 Å². The third-order valence-electron chi connectivity index (χ3n) is 4.02. The number of benzene rings is 1. The number of anilines is 1. The highest BCUT2D eigenvalue weighted by Crippen LogP contribution is 2.37. The molecule has 0 radical (unpaired) electrons. The van der Waals surface area contributed by atoms with E-state index >= 15 is 0 Å². The molecule has 0 saturated heterocycles. The van der Waals surface area contributed by atoms with Gasteiger partial charge in [0.25, 0.3) is 0 Å². The molecule has 1 N–H and O–H groups in total. The average molecular weight is 284 g/mol. The number of aromatic nitrogens is 3. The highest BCUT2D eigenvalue weighted by molar-refractivity contribution is 5.95. The molecule has 0 bridgehead atoms. The van der Waals surface area contributed by atoms with Crippen LogP contribution in [0.2, 0.25) is 0 Å². The number of carbonyl (C=O) groups excluding carboxylic acids is 1. The van der Waals surface area contributed by atoms with Crippen molar-refractivity contribution in [1.29, 1.82) is 0 Å². The summed E-state index contributed by atoms with van der Waals surface area (Å²) in [5, 5.41) is 10.8. The van der Waals surface area contributed by atoms with Gasteiger partial charge in [-0.25, -0.2) is 0 Å². The molecule has 2 heterocycles. The summed E-state index contributed by atoms with van der Waals surface area (Å²) in [6.45, 7) is 0.560. The van der Waals surface area contributed by atoms with Crippen molar-refractivity contribution in [2.75, 3.05) is 11.9 Å². The lowest BCUT2D eigenvalue weighted by Gasteiger charge is -2.24. The third kappa shape index (κ3) is 2.26. The van der Waals surface area contributed by atoms with Crippen molar-refractivity contribution in [2.45, 2.75) is 31.2 Å². The van der Waals surface area contributed by atoms with E-state index < -0.39 is 0 Å². The minimum absolute atomic E-state index is 0.0411. The second-order valence-electron chi connectivity index (χ2n) is 5.51. The molecule has 0 unspecified atom stereocenters. The fraction of sp³-hybridized carbons (Fsp3) is 0.400. The lowest BCUT2D eigenvalue weighted by Crippen LogP contribution is -2.27. The molecular formula is C15H16N4O2. The minimum atomic E-state index is -0.195. The molecule has 6 heteroatoms. The molecule has 108 valence electrons. The molecule has 1 aromatic heterocycles. The maximum Gasteiger partial charge on any atom is 0.234 e. The number of hydrogen-bond donors (Lipinski definition) is 1. The van der Waals surface area contributed by atoms with Gasteiger partial charge in [-0.2, -0.15) is 0 Å². The zero-order valence-electron chi connectivity index (χ0n) is 11.5. The zero-order chi connectivity index (χ0) is 14.2. The molecule has 1 aliphatic carbocycles. The molecular weight excluding hydrogens is 268 g/mol. The zero-order valence-corrected chi connectivity index (χ0v) is 11.5. The van der Waals surface area contributed by atoms with Crippen LogP contribution in [0.15, 0.2) is 30.6 Å². The monoisotopic (exact) mass is 284 g/mol. The van der Waals surface area contributed by atoms with E-state index in [1.807, 2.05) is 28.8 Å². The van der Waals surface area contributed by atoms with Crippen LogP contribution in [0, 0.1) is 0 Å². The largest absolute Gasteiger partial charge is 0.493 e. The first-order valence-electron chi connectivity index (χ1n) is 7.25. The fourth-order valence-electron chi connectivity index (χ4n) is 2.76. The SMILES string of the molecule is O=C(Nc1nncn1C1CC1)[C@@H]1CCOc2ccccc21. The minimum Gasteiger partial charge on any atom is -0.493 e. The average Bonchev–Trinajstić information content (AvgIpc) is 3.26. The number of fused-ring (bicyclic) bond motifs is 1. The Bertz CT molecular complexity index is 678. The third-order valence-corrected chi connectivity index (χ3v) is 4.02. The first-order valence-corrected chi connectivity index (χ1v) is 7.25. The number of para-hydroxylation sites is 1. The predicted octanol–water partition coefficient (Wildman–Crippen LogP) is 2.12. The smallest absolute Gasteiger partial charge is 0.234 e. The summed E-state index contributed by atoms with van der Waals surface area (Å²) < 4.78 is 7.55. The summed E-state index contributed by atoms with van der Waals surface area (Å²) in [4.78, 5) is 12.6. The van der Waals surface area contributed by atoms with Crippen LogP contribution in [0.5, 0.6) is 5.75 Å². The summed E-state index contributed by atoms with van der Waals surface area (Å²) in [5.41, 5.74) is 0.943. The predicted molar refractivity (Wildman–Crippen MR) is 76.2 cm³/mol. The van der Waals surface area contributed by atoms with E-state index in [9.17, 15) is 4.79 Å². The number of ether oxygens (including phenoxy) is 1. The summed E-state index contributed by atoms with van der Waals surface area (Å²) in [6.07, 6.45) is 4.62. The lowest BCUT2D eigenvalue weighted by atomic mass is 9.92. The van der Waals surface area contributed by atoms with Gasteiger partial charge in [0.15, 0.2) is 0 Å². The van der Waals surface area contributed by atoms with E-state index in [4.69, 9.17) is 4.74 Å². The Kier molecular flexibility index (Phi) is 2.87. The topological polar surface area (TPSA) is 69.0 Å². The van der Waals surface area contributed by atoms with Gasteiger partial charge in [0.2, 0.25) is 11.9 Å². The van der Waals surface area contributed by atoms with Crippen LogP contribution >= 0.6 is 0 Å². The molecule has 1 amide bonds. The summed E-state index contributed by atoms with van der Waals surface area (Å²) in [7, 11) is 0. The number of nitrogens with zero attached hydrogens (tertiary/aromatic N) is 3. The number of hydrogen-bond acceptors (Lipinski definition) is 4. The number of nitrogens with one attached hydrogen (secondary N) is 1. The van der Waals surface area contributed by atoms with E-state index in [2.05, 4.69) is 15.5 Å². The molecule has 1 fully saturated rings. The van der Waals surface area contributed by atoms with E-state index in [0.29, 0.717) is 25.0 Å². The van der Waals surface area contributed by atoms with Crippen molar-refractivity contribution in [3.8, 4) is 5.75 Å². The highest BCUT2D eigenvalue weighted by Gasteiger charge is 2.30. The maximum absolute atomic E-state index is 12.6. The van der Waals surface area contributed by atoms with Crippen LogP contribution in [0.3, 0.4) is 0 Å². The molecule has 1 aliphatic heterocycles. The first kappa shape index (κ1) is 12.4. The van der Waals surface area contributed by atoms with E-state index in [0.717, 1.165) is 24.2 Å². The summed E-state index contributed by atoms with van der Waals surface area (Å²) in [6, 6.07) is 8.15. The molecule has 1 aromatic carbocycles. The lowest BCUT2D eigenvalue weighted by molar-refractivity contribution is -0.118. The van der Waals surface area contributed by atoms with Crippen LogP contribution in [-0.2, 0) is 4.79 Å². The second kappa shape index (κ2) is 4.87. The van der Waals surface area contributed by atoms with Crippen molar-refractivity contribution in [2.24, 2.45) is 0 Å². The van der Waals surface area contributed by atoms with Crippen LogP contribution < -0.4 is 10.1 Å². The molecule has 2 aliphatic rings. The number of carbonyl (C=O) groups is 1. The Morgan fingerprint density at radius 2 is 2.14 bits per heavy atom. The van der Waals surface area contributed by atoms with Gasteiger partial charge < -0.3 is 4.74 Å². The fourth-order valence-corrected chi connectivity index (χ4v) is 2.76. The van der Waals surface area contributed by atoms with Gasteiger partial charge in [-0.05, 0) is 25.3 Å². The standard InChI is InChI=1S/C15H16N4O2/c20-14(17-15-18-16-9-19(15)10-5-6-10)12-7-8-21-13-4-2-1-3-11(12)13/h1-4,9-10,12H,5-8H2,(H,17,18,20)/t12-/m1/s1. The quantitative estimate of drug-likeness (QED) is 0.937. The highest BCUT2D eigenvalue weighted by atomic mass is 16.5. The van der Waals surface area contributed by atoms with Crippen molar-refractivity contribution >= 4 is 11.9 Å². The molecule has 0 spiro atoms.